The Bertz CT molecular complexity index is 864. The van der Waals surface area contributed by atoms with Crippen LogP contribution in [0.25, 0.3) is 0 Å². The molecule has 0 fully saturated rings. The van der Waals surface area contributed by atoms with Crippen molar-refractivity contribution in [3.8, 4) is 0 Å². The number of fused-ring (bicyclic) bond motifs is 3. The number of aromatic carboxylic acids is 1. The van der Waals surface area contributed by atoms with Crippen molar-refractivity contribution >= 4 is 39.2 Å². The lowest BCUT2D eigenvalue weighted by Crippen LogP contribution is -2.29. The van der Waals surface area contributed by atoms with Crippen LogP contribution < -0.4 is 5.32 Å². The summed E-state index contributed by atoms with van der Waals surface area (Å²) < 4.78 is 0.771. The smallest absolute Gasteiger partial charge is 0.335 e. The molecule has 0 aromatic heterocycles. The summed E-state index contributed by atoms with van der Waals surface area (Å²) in [6, 6.07) is 11.4. The second-order valence-corrected chi connectivity index (χ2v) is 7.49. The van der Waals surface area contributed by atoms with E-state index < -0.39 is 5.97 Å². The zero-order valence-corrected chi connectivity index (χ0v) is 15.0. The lowest BCUT2D eigenvalue weighted by atomic mass is 9.76. The number of halogens is 2. The second kappa shape index (κ2) is 5.94. The number of carbonyl (C=O) groups is 1. The van der Waals surface area contributed by atoms with Gasteiger partial charge in [0.05, 0.1) is 17.3 Å². The van der Waals surface area contributed by atoms with Crippen molar-refractivity contribution < 1.29 is 9.90 Å². The maximum absolute atomic E-state index is 11.4. The molecule has 0 saturated carbocycles. The van der Waals surface area contributed by atoms with Crippen molar-refractivity contribution in [3.63, 3.8) is 0 Å². The van der Waals surface area contributed by atoms with E-state index >= 15 is 0 Å². The highest BCUT2D eigenvalue weighted by Gasteiger charge is 2.39. The summed E-state index contributed by atoms with van der Waals surface area (Å²) in [5, 5.41) is 13.7. The van der Waals surface area contributed by atoms with Gasteiger partial charge in [-0.25, -0.2) is 4.79 Å². The minimum atomic E-state index is -0.912. The van der Waals surface area contributed by atoms with Gasteiger partial charge in [0.25, 0.3) is 0 Å². The molecule has 3 nitrogen and oxygen atoms in total. The minimum Gasteiger partial charge on any atom is -0.478 e. The number of nitrogens with one attached hydrogen (secondary N) is 1. The van der Waals surface area contributed by atoms with Gasteiger partial charge in [0, 0.05) is 15.4 Å². The minimum absolute atomic E-state index is 0.0955. The first-order valence-electron chi connectivity index (χ1n) is 7.80. The highest BCUT2D eigenvalue weighted by atomic mass is 79.9. The van der Waals surface area contributed by atoms with Crippen molar-refractivity contribution in [2.75, 3.05) is 5.32 Å². The molecule has 2 aromatic rings. The molecule has 24 heavy (non-hydrogen) atoms. The molecule has 0 bridgehead atoms. The van der Waals surface area contributed by atoms with Crippen LogP contribution in [0.2, 0.25) is 5.02 Å². The van der Waals surface area contributed by atoms with Gasteiger partial charge in [0.2, 0.25) is 0 Å². The second-order valence-electron chi connectivity index (χ2n) is 6.22. The Kier molecular flexibility index (Phi) is 3.89. The van der Waals surface area contributed by atoms with E-state index in [-0.39, 0.29) is 12.0 Å². The Labute approximate surface area is 153 Å². The molecule has 0 saturated heterocycles. The van der Waals surface area contributed by atoms with Gasteiger partial charge in [-0.05, 0) is 57.6 Å². The van der Waals surface area contributed by atoms with E-state index in [1.165, 1.54) is 0 Å². The van der Waals surface area contributed by atoms with E-state index in [4.69, 9.17) is 11.6 Å². The maximum atomic E-state index is 11.4. The number of carboxylic acid groups (broad SMARTS) is 1. The first-order valence-corrected chi connectivity index (χ1v) is 8.97. The number of anilines is 1. The third-order valence-electron chi connectivity index (χ3n) is 4.91. The summed E-state index contributed by atoms with van der Waals surface area (Å²) in [4.78, 5) is 11.4. The third-order valence-corrected chi connectivity index (χ3v) is 5.88. The molecule has 2 N–H and O–H groups in total. The van der Waals surface area contributed by atoms with Crippen LogP contribution in [-0.2, 0) is 0 Å². The standard InChI is InChI=1S/C19H15BrClNO2/c20-15-9-10(19(23)24)8-14-11-5-3-6-12(11)17(22-18(14)15)13-4-1-2-7-16(13)21/h1-5,7-9,11-12,17,22H,6H2,(H,23,24)/t11-,12-,17-/m1/s1. The molecule has 3 atom stereocenters. The Hall–Kier alpha value is -1.78. The Morgan fingerprint density at radius 1 is 1.25 bits per heavy atom. The molecule has 122 valence electrons. The van der Waals surface area contributed by atoms with Crippen molar-refractivity contribution in [3.05, 3.63) is 74.7 Å². The highest BCUT2D eigenvalue weighted by molar-refractivity contribution is 9.10. The summed E-state index contributed by atoms with van der Waals surface area (Å²) in [7, 11) is 0. The summed E-state index contributed by atoms with van der Waals surface area (Å²) in [6.45, 7) is 0. The number of hydrogen-bond donors (Lipinski definition) is 2. The summed E-state index contributed by atoms with van der Waals surface area (Å²) in [5.74, 6) is -0.392. The van der Waals surface area contributed by atoms with Crippen molar-refractivity contribution in [1.29, 1.82) is 0 Å². The van der Waals surface area contributed by atoms with Gasteiger partial charge in [-0.2, -0.15) is 0 Å². The molecular formula is C19H15BrClNO2. The van der Waals surface area contributed by atoms with Gasteiger partial charge in [-0.1, -0.05) is 42.0 Å². The zero-order valence-electron chi connectivity index (χ0n) is 12.7. The fraction of sp³-hybridized carbons (Fsp3) is 0.211. The van der Waals surface area contributed by atoms with Crippen LogP contribution in [0.3, 0.4) is 0 Å². The van der Waals surface area contributed by atoms with Gasteiger partial charge in [0.1, 0.15) is 0 Å². The number of benzene rings is 2. The van der Waals surface area contributed by atoms with Crippen molar-refractivity contribution in [1.82, 2.24) is 0 Å². The van der Waals surface area contributed by atoms with E-state index in [0.29, 0.717) is 11.5 Å². The van der Waals surface area contributed by atoms with Crippen LogP contribution in [0.4, 0.5) is 5.69 Å². The number of rotatable bonds is 2. The first-order chi connectivity index (χ1) is 11.6. The van der Waals surface area contributed by atoms with Crippen LogP contribution in [0.5, 0.6) is 0 Å². The monoisotopic (exact) mass is 403 g/mol. The van der Waals surface area contributed by atoms with Gasteiger partial charge in [-0.15, -0.1) is 0 Å². The highest BCUT2D eigenvalue weighted by Crippen LogP contribution is 2.52. The zero-order chi connectivity index (χ0) is 16.8. The van der Waals surface area contributed by atoms with Crippen molar-refractivity contribution in [2.24, 2.45) is 5.92 Å². The fourth-order valence-corrected chi connectivity index (χ4v) is 4.66. The fourth-order valence-electron chi connectivity index (χ4n) is 3.81. The van der Waals surface area contributed by atoms with E-state index in [1.807, 2.05) is 18.2 Å². The molecule has 1 heterocycles. The molecule has 5 heteroatoms. The summed E-state index contributed by atoms with van der Waals surface area (Å²) in [5.41, 5.74) is 3.37. The number of allylic oxidation sites excluding steroid dienone is 2. The van der Waals surface area contributed by atoms with Crippen LogP contribution in [-0.4, -0.2) is 11.1 Å². The van der Waals surface area contributed by atoms with E-state index in [9.17, 15) is 9.90 Å². The molecule has 4 rings (SSSR count). The van der Waals surface area contributed by atoms with E-state index in [1.54, 1.807) is 12.1 Å². The Balaban J connectivity index is 1.85. The molecule has 1 aliphatic heterocycles. The maximum Gasteiger partial charge on any atom is 0.335 e. The molecule has 0 unspecified atom stereocenters. The van der Waals surface area contributed by atoms with Gasteiger partial charge in [0.15, 0.2) is 0 Å². The average molecular weight is 405 g/mol. The van der Waals surface area contributed by atoms with Crippen LogP contribution in [0, 0.1) is 5.92 Å². The molecule has 0 radical (unpaired) electrons. The molecule has 0 spiro atoms. The predicted octanol–water partition coefficient (Wildman–Crippen LogP) is 5.63. The van der Waals surface area contributed by atoms with Gasteiger partial charge < -0.3 is 10.4 Å². The lowest BCUT2D eigenvalue weighted by molar-refractivity contribution is 0.0696. The summed E-state index contributed by atoms with van der Waals surface area (Å²) >= 11 is 9.97. The van der Waals surface area contributed by atoms with Crippen LogP contribution in [0.1, 0.15) is 39.9 Å². The largest absolute Gasteiger partial charge is 0.478 e. The Morgan fingerprint density at radius 3 is 2.79 bits per heavy atom. The predicted molar refractivity (Wildman–Crippen MR) is 98.9 cm³/mol. The number of carboxylic acids is 1. The SMILES string of the molecule is O=C(O)c1cc(Br)c2c(c1)[C@@H]1C=CC[C@H]1[C@H](c1ccccc1Cl)N2. The number of hydrogen-bond acceptors (Lipinski definition) is 2. The first kappa shape index (κ1) is 15.7. The normalized spacial score (nSPS) is 24.2. The van der Waals surface area contributed by atoms with E-state index in [0.717, 1.165) is 32.7 Å². The third kappa shape index (κ3) is 2.45. The van der Waals surface area contributed by atoms with Gasteiger partial charge in [-0.3, -0.25) is 0 Å². The van der Waals surface area contributed by atoms with E-state index in [2.05, 4.69) is 39.5 Å². The molecular weight excluding hydrogens is 390 g/mol. The molecule has 1 aliphatic carbocycles. The quantitative estimate of drug-likeness (QED) is 0.638. The topological polar surface area (TPSA) is 49.3 Å². The average Bonchev–Trinajstić information content (AvgIpc) is 3.05. The summed E-state index contributed by atoms with van der Waals surface area (Å²) in [6.07, 6.45) is 5.31. The molecule has 0 amide bonds. The Morgan fingerprint density at radius 2 is 2.04 bits per heavy atom. The van der Waals surface area contributed by atoms with Gasteiger partial charge >= 0.3 is 5.97 Å². The van der Waals surface area contributed by atoms with Crippen LogP contribution >= 0.6 is 27.5 Å². The van der Waals surface area contributed by atoms with Crippen LogP contribution in [0.15, 0.2) is 53.0 Å². The molecule has 2 aliphatic rings. The van der Waals surface area contributed by atoms with Crippen molar-refractivity contribution in [2.45, 2.75) is 18.4 Å². The lowest BCUT2D eigenvalue weighted by Gasteiger charge is -2.38. The molecule has 2 aromatic carbocycles.